The van der Waals surface area contributed by atoms with Gasteiger partial charge in [0.1, 0.15) is 5.52 Å². The quantitative estimate of drug-likeness (QED) is 0.724. The van der Waals surface area contributed by atoms with Crippen LogP contribution in [0, 0.1) is 20.8 Å². The first-order chi connectivity index (χ1) is 9.06. The van der Waals surface area contributed by atoms with Crippen LogP contribution in [0.1, 0.15) is 16.8 Å². The molecule has 0 bridgehead atoms. The van der Waals surface area contributed by atoms with Crippen LogP contribution >= 0.6 is 0 Å². The lowest BCUT2D eigenvalue weighted by Crippen LogP contribution is -2.02. The van der Waals surface area contributed by atoms with Crippen LogP contribution in [0.3, 0.4) is 0 Å². The van der Waals surface area contributed by atoms with Crippen LogP contribution in [0.5, 0.6) is 0 Å². The molecule has 0 aliphatic heterocycles. The highest BCUT2D eigenvalue weighted by molar-refractivity contribution is 5.77. The van der Waals surface area contributed by atoms with Crippen molar-refractivity contribution in [2.75, 3.05) is 5.73 Å². The lowest BCUT2D eigenvalue weighted by Gasteiger charge is -2.08. The van der Waals surface area contributed by atoms with Gasteiger partial charge in [-0.2, -0.15) is 0 Å². The van der Waals surface area contributed by atoms with Gasteiger partial charge in [-0.3, -0.25) is 4.57 Å². The largest absolute Gasteiger partial charge is 0.369 e. The summed E-state index contributed by atoms with van der Waals surface area (Å²) in [5.41, 5.74) is 12.1. The summed E-state index contributed by atoms with van der Waals surface area (Å²) < 4.78 is 1.90. The van der Waals surface area contributed by atoms with Gasteiger partial charge >= 0.3 is 0 Å². The van der Waals surface area contributed by atoms with E-state index in [4.69, 9.17) is 5.73 Å². The summed E-state index contributed by atoms with van der Waals surface area (Å²) in [6.07, 6.45) is 0. The fraction of sp³-hybridized carbons (Fsp3) is 0.200. The fourth-order valence-corrected chi connectivity index (χ4v) is 2.19. The van der Waals surface area contributed by atoms with Crippen LogP contribution in [0.4, 0.5) is 5.95 Å². The molecule has 3 rings (SSSR count). The van der Waals surface area contributed by atoms with Crippen molar-refractivity contribution in [1.29, 1.82) is 0 Å². The van der Waals surface area contributed by atoms with Crippen molar-refractivity contribution >= 4 is 17.1 Å². The van der Waals surface area contributed by atoms with E-state index in [0.29, 0.717) is 5.95 Å². The van der Waals surface area contributed by atoms with Crippen molar-refractivity contribution in [3.63, 3.8) is 0 Å². The maximum Gasteiger partial charge on any atom is 0.207 e. The van der Waals surface area contributed by atoms with Gasteiger partial charge in [-0.1, -0.05) is 6.07 Å². The minimum atomic E-state index is 0.469. The van der Waals surface area contributed by atoms with Gasteiger partial charge in [0.15, 0.2) is 5.65 Å². The van der Waals surface area contributed by atoms with Gasteiger partial charge in [-0.15, -0.1) is 0 Å². The molecule has 0 atom stereocenters. The summed E-state index contributed by atoms with van der Waals surface area (Å²) in [4.78, 5) is 8.91. The molecule has 0 unspecified atom stereocenters. The third kappa shape index (κ3) is 1.85. The van der Waals surface area contributed by atoms with Crippen LogP contribution in [0.15, 0.2) is 30.3 Å². The number of nitrogens with zero attached hydrogens (tertiary/aromatic N) is 3. The fourth-order valence-electron chi connectivity index (χ4n) is 2.19. The third-order valence-corrected chi connectivity index (χ3v) is 3.42. The number of aryl methyl sites for hydroxylation is 3. The molecule has 19 heavy (non-hydrogen) atoms. The van der Waals surface area contributed by atoms with Gasteiger partial charge in [-0.05, 0) is 56.2 Å². The maximum absolute atomic E-state index is 6.04. The van der Waals surface area contributed by atoms with E-state index in [1.807, 2.05) is 29.7 Å². The minimum absolute atomic E-state index is 0.469. The first-order valence-electron chi connectivity index (χ1n) is 6.25. The Morgan fingerprint density at radius 2 is 1.74 bits per heavy atom. The lowest BCUT2D eigenvalue weighted by molar-refractivity contribution is 1.06. The molecule has 0 amide bonds. The van der Waals surface area contributed by atoms with E-state index in [9.17, 15) is 0 Å². The number of benzene rings is 1. The van der Waals surface area contributed by atoms with E-state index in [0.717, 1.165) is 22.5 Å². The summed E-state index contributed by atoms with van der Waals surface area (Å²) in [5, 5.41) is 0. The lowest BCUT2D eigenvalue weighted by atomic mass is 10.1. The molecule has 0 fully saturated rings. The average molecular weight is 252 g/mol. The predicted octanol–water partition coefficient (Wildman–Crippen LogP) is 2.93. The normalized spacial score (nSPS) is 11.1. The van der Waals surface area contributed by atoms with E-state index < -0.39 is 0 Å². The van der Waals surface area contributed by atoms with Gasteiger partial charge in [0.05, 0.1) is 5.69 Å². The Kier molecular flexibility index (Phi) is 2.52. The molecule has 2 heterocycles. The van der Waals surface area contributed by atoms with Crippen molar-refractivity contribution in [2.45, 2.75) is 20.8 Å². The molecule has 0 spiro atoms. The average Bonchev–Trinajstić information content (AvgIpc) is 2.68. The Balaban J connectivity index is 2.31. The number of nitrogens with two attached hydrogens (primary N) is 1. The van der Waals surface area contributed by atoms with Crippen LogP contribution in [-0.2, 0) is 0 Å². The van der Waals surface area contributed by atoms with Gasteiger partial charge in [-0.25, -0.2) is 9.97 Å². The first kappa shape index (κ1) is 11.7. The van der Waals surface area contributed by atoms with E-state index in [-0.39, 0.29) is 0 Å². The van der Waals surface area contributed by atoms with Crippen molar-refractivity contribution in [1.82, 2.24) is 14.5 Å². The molecule has 1 aromatic carbocycles. The van der Waals surface area contributed by atoms with Crippen LogP contribution < -0.4 is 5.73 Å². The molecule has 2 aromatic heterocycles. The predicted molar refractivity (Wildman–Crippen MR) is 77.5 cm³/mol. The van der Waals surface area contributed by atoms with E-state index in [2.05, 4.69) is 35.9 Å². The molecule has 4 nitrogen and oxygen atoms in total. The number of pyridine rings is 1. The first-order valence-corrected chi connectivity index (χ1v) is 6.25. The van der Waals surface area contributed by atoms with Crippen LogP contribution in [0.25, 0.3) is 16.9 Å². The smallest absolute Gasteiger partial charge is 0.207 e. The number of hydrogen-bond acceptors (Lipinski definition) is 3. The van der Waals surface area contributed by atoms with Crippen molar-refractivity contribution in [2.24, 2.45) is 0 Å². The molecular weight excluding hydrogens is 236 g/mol. The summed E-state index contributed by atoms with van der Waals surface area (Å²) in [5.74, 6) is 0.469. The third-order valence-electron chi connectivity index (χ3n) is 3.42. The molecule has 96 valence electrons. The van der Waals surface area contributed by atoms with Crippen molar-refractivity contribution in [3.8, 4) is 5.69 Å². The summed E-state index contributed by atoms with van der Waals surface area (Å²) in [7, 11) is 0. The Labute approximate surface area is 111 Å². The van der Waals surface area contributed by atoms with E-state index in [1.54, 1.807) is 0 Å². The summed E-state index contributed by atoms with van der Waals surface area (Å²) in [6, 6.07) is 10.1. The second-order valence-electron chi connectivity index (χ2n) is 4.87. The molecule has 0 saturated heterocycles. The number of hydrogen-bond donors (Lipinski definition) is 1. The molecule has 3 aromatic rings. The molecule has 0 aliphatic carbocycles. The molecule has 0 saturated carbocycles. The molecule has 4 heteroatoms. The summed E-state index contributed by atoms with van der Waals surface area (Å²) >= 11 is 0. The number of anilines is 1. The monoisotopic (exact) mass is 252 g/mol. The van der Waals surface area contributed by atoms with Crippen molar-refractivity contribution < 1.29 is 0 Å². The highest BCUT2D eigenvalue weighted by Gasteiger charge is 2.11. The Morgan fingerprint density at radius 3 is 2.47 bits per heavy atom. The topological polar surface area (TPSA) is 56.7 Å². The second kappa shape index (κ2) is 4.09. The molecule has 2 N–H and O–H groups in total. The maximum atomic E-state index is 6.04. The second-order valence-corrected chi connectivity index (χ2v) is 4.87. The number of nitrogen functional groups attached to an aromatic ring is 1. The molecular formula is C15H16N4. The van der Waals surface area contributed by atoms with Gasteiger partial charge < -0.3 is 5.73 Å². The zero-order valence-corrected chi connectivity index (χ0v) is 11.3. The van der Waals surface area contributed by atoms with E-state index >= 15 is 0 Å². The van der Waals surface area contributed by atoms with Crippen LogP contribution in [0.2, 0.25) is 0 Å². The van der Waals surface area contributed by atoms with Crippen LogP contribution in [-0.4, -0.2) is 14.5 Å². The minimum Gasteiger partial charge on any atom is -0.369 e. The summed E-state index contributed by atoms with van der Waals surface area (Å²) in [6.45, 7) is 6.15. The number of rotatable bonds is 1. The van der Waals surface area contributed by atoms with Gasteiger partial charge in [0.25, 0.3) is 0 Å². The number of aromatic nitrogens is 3. The standard InChI is InChI=1S/C15H16N4/c1-9-4-6-12(8-10(9)2)19-14-13(18-15(19)16)7-5-11(3)17-14/h4-8H,1-3H3,(H2,16,18). The Hall–Kier alpha value is -2.36. The molecule has 0 radical (unpaired) electrons. The SMILES string of the molecule is Cc1ccc2nc(N)n(-c3ccc(C)c(C)c3)c2n1. The Bertz CT molecular complexity index is 771. The van der Waals surface area contributed by atoms with Crippen molar-refractivity contribution in [3.05, 3.63) is 47.2 Å². The zero-order chi connectivity index (χ0) is 13.6. The number of fused-ring (bicyclic) bond motifs is 1. The highest BCUT2D eigenvalue weighted by Crippen LogP contribution is 2.23. The van der Waals surface area contributed by atoms with Gasteiger partial charge in [0.2, 0.25) is 5.95 Å². The molecule has 0 aliphatic rings. The Morgan fingerprint density at radius 1 is 0.947 bits per heavy atom. The van der Waals surface area contributed by atoms with Gasteiger partial charge in [0, 0.05) is 5.69 Å². The highest BCUT2D eigenvalue weighted by atomic mass is 15.2. The number of imidazole rings is 1. The zero-order valence-electron chi connectivity index (χ0n) is 11.3. The van der Waals surface area contributed by atoms with E-state index in [1.165, 1.54) is 11.1 Å².